The molecule has 0 aromatic rings. The molecule has 4 nitrogen and oxygen atoms in total. The first kappa shape index (κ1) is 14.3. The fourth-order valence-corrected chi connectivity index (χ4v) is 4.45. The summed E-state index contributed by atoms with van der Waals surface area (Å²) in [7, 11) is 4.20. The molecule has 1 aliphatic carbocycles. The molecule has 20 heavy (non-hydrogen) atoms. The molecule has 3 aliphatic rings. The second-order valence-electron chi connectivity index (χ2n) is 7.20. The van der Waals surface area contributed by atoms with Crippen molar-refractivity contribution < 1.29 is 4.79 Å². The number of likely N-dealkylation sites (N-methyl/N-ethyl adjacent to an activating group) is 1. The first-order valence-corrected chi connectivity index (χ1v) is 8.36. The van der Waals surface area contributed by atoms with Gasteiger partial charge in [0, 0.05) is 25.2 Å². The minimum atomic E-state index is 0.103. The Labute approximate surface area is 122 Å². The van der Waals surface area contributed by atoms with Gasteiger partial charge in [0.05, 0.1) is 6.04 Å². The van der Waals surface area contributed by atoms with Crippen LogP contribution in [0.15, 0.2) is 0 Å². The van der Waals surface area contributed by atoms with Gasteiger partial charge in [-0.2, -0.15) is 0 Å². The lowest BCUT2D eigenvalue weighted by Crippen LogP contribution is -2.49. The Hall–Kier alpha value is -0.610. The molecule has 2 heterocycles. The van der Waals surface area contributed by atoms with E-state index in [0.717, 1.165) is 25.4 Å². The first-order valence-electron chi connectivity index (χ1n) is 8.36. The predicted molar refractivity (Wildman–Crippen MR) is 80.6 cm³/mol. The summed E-state index contributed by atoms with van der Waals surface area (Å²) in [6, 6.07) is 1.15. The molecule has 4 unspecified atom stereocenters. The molecule has 3 rings (SSSR count). The van der Waals surface area contributed by atoms with Gasteiger partial charge in [-0.15, -0.1) is 0 Å². The third kappa shape index (κ3) is 2.86. The van der Waals surface area contributed by atoms with Crippen LogP contribution in [0.2, 0.25) is 0 Å². The van der Waals surface area contributed by atoms with Gasteiger partial charge in [-0.25, -0.2) is 0 Å². The first-order chi connectivity index (χ1) is 9.65. The smallest absolute Gasteiger partial charge is 0.240 e. The number of nitrogens with one attached hydrogen (secondary N) is 1. The van der Waals surface area contributed by atoms with Crippen LogP contribution < -0.4 is 5.32 Å². The normalized spacial score (nSPS) is 37.5. The number of carbonyl (C=O) groups is 1. The number of rotatable bonds is 3. The van der Waals surface area contributed by atoms with Crippen LogP contribution in [0, 0.1) is 5.92 Å². The van der Waals surface area contributed by atoms with Gasteiger partial charge in [0.15, 0.2) is 0 Å². The van der Waals surface area contributed by atoms with Crippen LogP contribution in [-0.2, 0) is 4.79 Å². The number of hydrogen-bond acceptors (Lipinski definition) is 3. The molecule has 1 saturated carbocycles. The third-order valence-electron chi connectivity index (χ3n) is 5.40. The zero-order valence-corrected chi connectivity index (χ0v) is 13.0. The van der Waals surface area contributed by atoms with Crippen LogP contribution in [0.3, 0.4) is 0 Å². The van der Waals surface area contributed by atoms with Crippen molar-refractivity contribution in [1.29, 1.82) is 0 Å². The van der Waals surface area contributed by atoms with Crippen LogP contribution in [0.5, 0.6) is 0 Å². The molecule has 0 spiro atoms. The van der Waals surface area contributed by atoms with Crippen LogP contribution in [0.1, 0.15) is 44.9 Å². The number of fused-ring (bicyclic) bond motifs is 1. The predicted octanol–water partition coefficient (Wildman–Crippen LogP) is 1.46. The van der Waals surface area contributed by atoms with Crippen molar-refractivity contribution in [3.8, 4) is 0 Å². The topological polar surface area (TPSA) is 35.6 Å². The summed E-state index contributed by atoms with van der Waals surface area (Å²) < 4.78 is 0. The van der Waals surface area contributed by atoms with Gasteiger partial charge in [0.25, 0.3) is 0 Å². The third-order valence-corrected chi connectivity index (χ3v) is 5.40. The van der Waals surface area contributed by atoms with Crippen molar-refractivity contribution in [1.82, 2.24) is 15.1 Å². The maximum Gasteiger partial charge on any atom is 0.240 e. The molecule has 2 saturated heterocycles. The lowest BCUT2D eigenvalue weighted by atomic mass is 9.85. The zero-order chi connectivity index (χ0) is 14.1. The van der Waals surface area contributed by atoms with E-state index < -0.39 is 0 Å². The minimum absolute atomic E-state index is 0.103. The average molecular weight is 279 g/mol. The molecule has 0 aromatic carbocycles. The highest BCUT2D eigenvalue weighted by molar-refractivity contribution is 5.83. The molecule has 4 atom stereocenters. The molecule has 1 amide bonds. The summed E-state index contributed by atoms with van der Waals surface area (Å²) in [6.45, 7) is 1.97. The summed E-state index contributed by atoms with van der Waals surface area (Å²) >= 11 is 0. The van der Waals surface area contributed by atoms with Crippen molar-refractivity contribution in [2.45, 2.75) is 63.1 Å². The number of likely N-dealkylation sites (tertiary alicyclic amines) is 1. The molecule has 0 aromatic heterocycles. The Morgan fingerprint density at radius 3 is 2.75 bits per heavy atom. The van der Waals surface area contributed by atoms with Crippen LogP contribution in [0.4, 0.5) is 0 Å². The van der Waals surface area contributed by atoms with E-state index in [1.165, 1.54) is 38.5 Å². The van der Waals surface area contributed by atoms with E-state index in [0.29, 0.717) is 18.0 Å². The van der Waals surface area contributed by atoms with E-state index in [-0.39, 0.29) is 6.04 Å². The lowest BCUT2D eigenvalue weighted by Gasteiger charge is -2.29. The maximum atomic E-state index is 12.8. The molecule has 1 N–H and O–H groups in total. The number of carbonyl (C=O) groups excluding carboxylic acids is 1. The quantitative estimate of drug-likeness (QED) is 0.849. The van der Waals surface area contributed by atoms with Gasteiger partial charge in [0.2, 0.25) is 5.91 Å². The highest BCUT2D eigenvalue weighted by Gasteiger charge is 2.41. The molecule has 2 aliphatic heterocycles. The summed E-state index contributed by atoms with van der Waals surface area (Å²) in [4.78, 5) is 17.2. The second kappa shape index (κ2) is 6.02. The molecule has 4 heteroatoms. The van der Waals surface area contributed by atoms with E-state index in [4.69, 9.17) is 0 Å². The van der Waals surface area contributed by atoms with Gasteiger partial charge < -0.3 is 15.1 Å². The minimum Gasteiger partial charge on any atom is -0.337 e. The van der Waals surface area contributed by atoms with E-state index in [1.807, 2.05) is 0 Å². The SMILES string of the molecule is CN(C)CC1CCCN1C(=O)C1CC2CCCCC2N1. The van der Waals surface area contributed by atoms with Gasteiger partial charge >= 0.3 is 0 Å². The summed E-state index contributed by atoms with van der Waals surface area (Å²) in [5.41, 5.74) is 0. The van der Waals surface area contributed by atoms with Crippen molar-refractivity contribution in [2.75, 3.05) is 27.2 Å². The monoisotopic (exact) mass is 279 g/mol. The number of hydrogen-bond donors (Lipinski definition) is 1. The largest absolute Gasteiger partial charge is 0.337 e. The average Bonchev–Trinajstić information content (AvgIpc) is 3.03. The van der Waals surface area contributed by atoms with Crippen molar-refractivity contribution in [3.63, 3.8) is 0 Å². The van der Waals surface area contributed by atoms with Gasteiger partial charge in [-0.3, -0.25) is 4.79 Å². The summed E-state index contributed by atoms with van der Waals surface area (Å²) in [6.07, 6.45) is 8.71. The molecule has 0 radical (unpaired) electrons. The summed E-state index contributed by atoms with van der Waals surface area (Å²) in [5, 5.41) is 3.64. The van der Waals surface area contributed by atoms with Crippen molar-refractivity contribution in [2.24, 2.45) is 5.92 Å². The van der Waals surface area contributed by atoms with Crippen molar-refractivity contribution >= 4 is 5.91 Å². The molecular weight excluding hydrogens is 250 g/mol. The molecular formula is C16H29N3O. The highest BCUT2D eigenvalue weighted by Crippen LogP contribution is 2.34. The molecule has 0 bridgehead atoms. The Bertz CT molecular complexity index is 344. The number of nitrogens with zero attached hydrogens (tertiary/aromatic N) is 2. The maximum absolute atomic E-state index is 12.8. The Balaban J connectivity index is 1.61. The zero-order valence-electron chi connectivity index (χ0n) is 13.0. The van der Waals surface area contributed by atoms with Crippen LogP contribution >= 0.6 is 0 Å². The van der Waals surface area contributed by atoms with E-state index in [2.05, 4.69) is 29.2 Å². The van der Waals surface area contributed by atoms with Gasteiger partial charge in [-0.05, 0) is 52.1 Å². The number of amides is 1. The van der Waals surface area contributed by atoms with E-state index >= 15 is 0 Å². The van der Waals surface area contributed by atoms with Crippen LogP contribution in [-0.4, -0.2) is 61.0 Å². The van der Waals surface area contributed by atoms with Crippen LogP contribution in [0.25, 0.3) is 0 Å². The molecule has 3 fully saturated rings. The Morgan fingerprint density at radius 1 is 1.20 bits per heavy atom. The van der Waals surface area contributed by atoms with E-state index in [1.54, 1.807) is 0 Å². The molecule has 114 valence electrons. The highest BCUT2D eigenvalue weighted by atomic mass is 16.2. The standard InChI is InChI=1S/C16H29N3O/c1-18(2)11-13-7-5-9-19(13)16(20)15-10-12-6-3-4-8-14(12)17-15/h12-15,17H,3-11H2,1-2H3. The van der Waals surface area contributed by atoms with E-state index in [9.17, 15) is 4.79 Å². The fourth-order valence-electron chi connectivity index (χ4n) is 4.45. The lowest BCUT2D eigenvalue weighted by molar-refractivity contribution is -0.134. The summed E-state index contributed by atoms with van der Waals surface area (Å²) in [5.74, 6) is 1.14. The van der Waals surface area contributed by atoms with Crippen molar-refractivity contribution in [3.05, 3.63) is 0 Å². The Kier molecular flexibility index (Phi) is 4.32. The van der Waals surface area contributed by atoms with Gasteiger partial charge in [0.1, 0.15) is 0 Å². The fraction of sp³-hybridized carbons (Fsp3) is 0.938. The van der Waals surface area contributed by atoms with Gasteiger partial charge in [-0.1, -0.05) is 12.8 Å². The second-order valence-corrected chi connectivity index (χ2v) is 7.20. The Morgan fingerprint density at radius 2 is 2.00 bits per heavy atom.